The van der Waals surface area contributed by atoms with Crippen molar-refractivity contribution < 1.29 is 13.5 Å². The largest absolute Gasteiger partial charge is 0.390 e. The Hall–Kier alpha value is -0.850. The average molecular weight is 286 g/mol. The zero-order chi connectivity index (χ0) is 14.1. The first kappa shape index (κ1) is 14.6. The average Bonchev–Trinajstić information content (AvgIpc) is 2.89. The fraction of sp³-hybridized carbons (Fsp3) is 0.692. The zero-order valence-corrected chi connectivity index (χ0v) is 12.3. The van der Waals surface area contributed by atoms with Gasteiger partial charge in [0.05, 0.1) is 11.5 Å². The molecule has 1 aromatic heterocycles. The van der Waals surface area contributed by atoms with Crippen molar-refractivity contribution in [2.75, 3.05) is 13.1 Å². The second-order valence-corrected chi connectivity index (χ2v) is 7.52. The number of nitrogens with zero attached hydrogens (tertiary/aromatic N) is 1. The summed E-state index contributed by atoms with van der Waals surface area (Å²) in [6.07, 6.45) is 4.34. The quantitative estimate of drug-likeness (QED) is 0.885. The van der Waals surface area contributed by atoms with Gasteiger partial charge in [-0.2, -0.15) is 4.31 Å². The first-order valence-electron chi connectivity index (χ1n) is 6.69. The predicted molar refractivity (Wildman–Crippen MR) is 73.1 cm³/mol. The van der Waals surface area contributed by atoms with Gasteiger partial charge in [0.15, 0.2) is 0 Å². The van der Waals surface area contributed by atoms with Gasteiger partial charge >= 0.3 is 0 Å². The van der Waals surface area contributed by atoms with Crippen LogP contribution in [0.5, 0.6) is 0 Å². The first-order valence-corrected chi connectivity index (χ1v) is 8.13. The van der Waals surface area contributed by atoms with Gasteiger partial charge in [0.25, 0.3) is 0 Å². The molecule has 0 radical (unpaired) electrons. The second-order valence-electron chi connectivity index (χ2n) is 5.59. The van der Waals surface area contributed by atoms with Gasteiger partial charge in [-0.1, -0.05) is 20.3 Å². The van der Waals surface area contributed by atoms with Crippen LogP contribution < -0.4 is 0 Å². The summed E-state index contributed by atoms with van der Waals surface area (Å²) in [5.74, 6) is 0. The molecule has 0 spiro atoms. The van der Waals surface area contributed by atoms with Gasteiger partial charge in [0.2, 0.25) is 10.0 Å². The molecule has 6 heteroatoms. The van der Waals surface area contributed by atoms with Gasteiger partial charge in [-0.3, -0.25) is 0 Å². The Bertz CT molecular complexity index is 528. The summed E-state index contributed by atoms with van der Waals surface area (Å²) in [6, 6.07) is 1.50. The van der Waals surface area contributed by atoms with E-state index >= 15 is 0 Å². The fourth-order valence-electron chi connectivity index (χ4n) is 2.43. The molecule has 0 aliphatic carbocycles. The van der Waals surface area contributed by atoms with Crippen LogP contribution in [0.1, 0.15) is 38.8 Å². The summed E-state index contributed by atoms with van der Waals surface area (Å²) >= 11 is 0. The maximum atomic E-state index is 12.4. The van der Waals surface area contributed by atoms with Gasteiger partial charge in [0.1, 0.15) is 0 Å². The molecule has 0 bridgehead atoms. The predicted octanol–water partition coefficient (Wildman–Crippen LogP) is 1.71. The minimum Gasteiger partial charge on any atom is -0.390 e. The standard InChI is InChI=1S/C13H22N2O3S/c1-3-13(2)4-6-15(7-5-13)19(17,18)12-8-11(10-16)14-9-12/h8-9,14,16H,3-7,10H2,1-2H3. The molecule has 2 heterocycles. The van der Waals surface area contributed by atoms with Crippen molar-refractivity contribution in [3.8, 4) is 0 Å². The summed E-state index contributed by atoms with van der Waals surface area (Å²) in [5, 5.41) is 8.99. The van der Waals surface area contributed by atoms with E-state index in [9.17, 15) is 8.42 Å². The van der Waals surface area contributed by atoms with E-state index in [1.807, 2.05) is 0 Å². The van der Waals surface area contributed by atoms with E-state index in [1.165, 1.54) is 12.3 Å². The van der Waals surface area contributed by atoms with Crippen LogP contribution in [0.4, 0.5) is 0 Å². The van der Waals surface area contributed by atoms with Crippen LogP contribution in [0, 0.1) is 5.41 Å². The topological polar surface area (TPSA) is 73.4 Å². The van der Waals surface area contributed by atoms with Crippen molar-refractivity contribution >= 4 is 10.0 Å². The number of nitrogens with one attached hydrogen (secondary N) is 1. The molecule has 1 aliphatic heterocycles. The lowest BCUT2D eigenvalue weighted by Crippen LogP contribution is -2.41. The molecule has 0 unspecified atom stereocenters. The summed E-state index contributed by atoms with van der Waals surface area (Å²) in [5.41, 5.74) is 0.787. The van der Waals surface area contributed by atoms with Crippen molar-refractivity contribution in [2.45, 2.75) is 44.6 Å². The fourth-order valence-corrected chi connectivity index (χ4v) is 3.89. The Morgan fingerprint density at radius 3 is 2.53 bits per heavy atom. The molecule has 2 rings (SSSR count). The van der Waals surface area contributed by atoms with Crippen molar-refractivity contribution in [3.05, 3.63) is 18.0 Å². The molecule has 19 heavy (non-hydrogen) atoms. The molecule has 1 aromatic rings. The lowest BCUT2D eigenvalue weighted by atomic mass is 9.79. The number of aliphatic hydroxyl groups is 1. The number of aromatic nitrogens is 1. The van der Waals surface area contributed by atoms with E-state index in [-0.39, 0.29) is 16.9 Å². The van der Waals surface area contributed by atoms with Crippen LogP contribution in [0.25, 0.3) is 0 Å². The Kier molecular flexibility index (Phi) is 4.03. The normalized spacial score (nSPS) is 20.6. The minimum atomic E-state index is -3.42. The van der Waals surface area contributed by atoms with Gasteiger partial charge in [-0.15, -0.1) is 0 Å². The number of sulfonamides is 1. The van der Waals surface area contributed by atoms with Gasteiger partial charge in [-0.25, -0.2) is 8.42 Å². The summed E-state index contributed by atoms with van der Waals surface area (Å²) < 4.78 is 26.4. The van der Waals surface area contributed by atoms with E-state index < -0.39 is 10.0 Å². The van der Waals surface area contributed by atoms with Crippen molar-refractivity contribution in [1.29, 1.82) is 0 Å². The molecular formula is C13H22N2O3S. The number of hydrogen-bond acceptors (Lipinski definition) is 3. The molecule has 2 N–H and O–H groups in total. The van der Waals surface area contributed by atoms with Crippen LogP contribution in [0.3, 0.4) is 0 Å². The van der Waals surface area contributed by atoms with E-state index in [2.05, 4.69) is 18.8 Å². The number of hydrogen-bond donors (Lipinski definition) is 2. The maximum absolute atomic E-state index is 12.4. The van der Waals surface area contributed by atoms with Gasteiger partial charge in [-0.05, 0) is 24.3 Å². The van der Waals surface area contributed by atoms with Crippen LogP contribution >= 0.6 is 0 Å². The monoisotopic (exact) mass is 286 g/mol. The van der Waals surface area contributed by atoms with E-state index in [0.717, 1.165) is 19.3 Å². The van der Waals surface area contributed by atoms with Gasteiger partial charge < -0.3 is 10.1 Å². The Morgan fingerprint density at radius 2 is 2.05 bits per heavy atom. The van der Waals surface area contributed by atoms with Crippen molar-refractivity contribution in [1.82, 2.24) is 9.29 Å². The Morgan fingerprint density at radius 1 is 1.42 bits per heavy atom. The third-order valence-electron chi connectivity index (χ3n) is 4.31. The number of H-pyrrole nitrogens is 1. The third-order valence-corrected chi connectivity index (χ3v) is 6.18. The molecule has 5 nitrogen and oxygen atoms in total. The van der Waals surface area contributed by atoms with Gasteiger partial charge in [0, 0.05) is 25.0 Å². The first-order chi connectivity index (χ1) is 8.91. The number of aliphatic hydroxyl groups excluding tert-OH is 1. The highest BCUT2D eigenvalue weighted by Gasteiger charge is 2.34. The highest BCUT2D eigenvalue weighted by Crippen LogP contribution is 2.35. The Balaban J connectivity index is 2.14. The lowest BCUT2D eigenvalue weighted by molar-refractivity contribution is 0.169. The third kappa shape index (κ3) is 2.85. The summed E-state index contributed by atoms with van der Waals surface area (Å²) in [4.78, 5) is 3.02. The molecule has 108 valence electrons. The lowest BCUT2D eigenvalue weighted by Gasteiger charge is -2.38. The molecule has 0 amide bonds. The molecule has 0 atom stereocenters. The number of aromatic amines is 1. The van der Waals surface area contributed by atoms with Crippen LogP contribution in [0.2, 0.25) is 0 Å². The maximum Gasteiger partial charge on any atom is 0.244 e. The highest BCUT2D eigenvalue weighted by molar-refractivity contribution is 7.89. The molecule has 0 saturated carbocycles. The molecule has 1 fully saturated rings. The van der Waals surface area contributed by atoms with E-state index in [0.29, 0.717) is 18.8 Å². The summed E-state index contributed by atoms with van der Waals surface area (Å²) in [7, 11) is -3.42. The van der Waals surface area contributed by atoms with Crippen LogP contribution in [-0.2, 0) is 16.6 Å². The van der Waals surface area contributed by atoms with Crippen LogP contribution in [-0.4, -0.2) is 35.9 Å². The zero-order valence-electron chi connectivity index (χ0n) is 11.5. The Labute approximate surface area is 114 Å². The minimum absolute atomic E-state index is 0.177. The second kappa shape index (κ2) is 5.26. The van der Waals surface area contributed by atoms with Crippen LogP contribution in [0.15, 0.2) is 17.2 Å². The van der Waals surface area contributed by atoms with Crippen molar-refractivity contribution in [3.63, 3.8) is 0 Å². The number of piperidine rings is 1. The van der Waals surface area contributed by atoms with Crippen molar-refractivity contribution in [2.24, 2.45) is 5.41 Å². The highest BCUT2D eigenvalue weighted by atomic mass is 32.2. The molecule has 1 aliphatic rings. The number of rotatable bonds is 4. The molecular weight excluding hydrogens is 264 g/mol. The van der Waals surface area contributed by atoms with E-state index in [4.69, 9.17) is 5.11 Å². The summed E-state index contributed by atoms with van der Waals surface area (Å²) in [6.45, 7) is 5.35. The molecule has 0 aromatic carbocycles. The van der Waals surface area contributed by atoms with E-state index in [1.54, 1.807) is 4.31 Å². The smallest absolute Gasteiger partial charge is 0.244 e. The SMILES string of the molecule is CCC1(C)CCN(S(=O)(=O)c2c[nH]c(CO)c2)CC1. The molecule has 1 saturated heterocycles.